The van der Waals surface area contributed by atoms with Crippen molar-refractivity contribution in [1.29, 1.82) is 0 Å². The second kappa shape index (κ2) is 16.0. The Morgan fingerprint density at radius 2 is 1.79 bits per heavy atom. The number of methoxy groups -OCH3 is 1. The largest absolute Gasteiger partial charge is 0.493 e. The van der Waals surface area contributed by atoms with Gasteiger partial charge in [-0.25, -0.2) is 20.4 Å². The number of nitrogens with zero attached hydrogens (tertiary/aromatic N) is 5. The highest BCUT2D eigenvalue weighted by atomic mass is 35.5. The molecule has 2 aliphatic rings. The molecule has 0 spiro atoms. The van der Waals surface area contributed by atoms with Gasteiger partial charge in [-0.1, -0.05) is 31.2 Å². The Morgan fingerprint density at radius 3 is 2.40 bits per heavy atom. The molecule has 1 aromatic heterocycles. The van der Waals surface area contributed by atoms with E-state index in [4.69, 9.17) is 30.5 Å². The number of hydrogen-bond acceptors (Lipinski definition) is 10. The van der Waals surface area contributed by atoms with Crippen molar-refractivity contribution < 1.29 is 41.7 Å². The summed E-state index contributed by atoms with van der Waals surface area (Å²) in [6.07, 6.45) is -2.60. The summed E-state index contributed by atoms with van der Waals surface area (Å²) in [5, 5.41) is 1.24. The number of rotatable bonds is 15. The van der Waals surface area contributed by atoms with E-state index in [9.17, 15) is 22.8 Å². The number of ether oxygens (including phenoxy) is 4. The zero-order valence-corrected chi connectivity index (χ0v) is 26.7. The number of halogens is 4. The van der Waals surface area contributed by atoms with Crippen LogP contribution in [0.1, 0.15) is 6.42 Å². The number of carbonyl (C=O) groups is 2. The molecule has 2 aliphatic heterocycles. The highest BCUT2D eigenvalue weighted by Crippen LogP contribution is 2.32. The number of carbonyl (C=O) groups excluding carboxylic acids is 2. The summed E-state index contributed by atoms with van der Waals surface area (Å²) >= 11 is 5.84. The third-order valence-electron chi connectivity index (χ3n) is 6.66. The van der Waals surface area contributed by atoms with Crippen molar-refractivity contribution in [2.75, 3.05) is 77.9 Å². The van der Waals surface area contributed by atoms with E-state index in [0.717, 1.165) is 11.1 Å². The van der Waals surface area contributed by atoms with Gasteiger partial charge < -0.3 is 28.7 Å². The van der Waals surface area contributed by atoms with Gasteiger partial charge in [-0.15, -0.1) is 0 Å². The van der Waals surface area contributed by atoms with E-state index < -0.39 is 37.6 Å². The summed E-state index contributed by atoms with van der Waals surface area (Å²) in [5.41, 5.74) is 1.24. The Hall–Kier alpha value is -2.50. The fraction of sp³-hybridized carbons (Fsp3) is 0.692. The first-order valence-electron chi connectivity index (χ1n) is 14.0. The molecule has 17 heteroatoms. The maximum absolute atomic E-state index is 13.9. The summed E-state index contributed by atoms with van der Waals surface area (Å²) in [6.45, 7) is 7.91. The van der Waals surface area contributed by atoms with E-state index in [1.807, 2.05) is 4.90 Å². The molecule has 0 saturated carbocycles. The van der Waals surface area contributed by atoms with Crippen LogP contribution < -0.4 is 10.3 Å². The summed E-state index contributed by atoms with van der Waals surface area (Å²) < 4.78 is 63.4. The van der Waals surface area contributed by atoms with Gasteiger partial charge in [0.15, 0.2) is 5.57 Å². The molecule has 0 aromatic carbocycles. The molecule has 1 aromatic rings. The van der Waals surface area contributed by atoms with Crippen molar-refractivity contribution in [3.63, 3.8) is 0 Å². The van der Waals surface area contributed by atoms with Gasteiger partial charge >= 0.3 is 6.18 Å². The fourth-order valence-electron chi connectivity index (χ4n) is 4.24. The van der Waals surface area contributed by atoms with Gasteiger partial charge in [-0.3, -0.25) is 9.59 Å². The Balaban J connectivity index is 1.48. The first kappa shape index (κ1) is 35.0. The third kappa shape index (κ3) is 11.2. The van der Waals surface area contributed by atoms with Crippen molar-refractivity contribution in [3.8, 4) is 0 Å². The van der Waals surface area contributed by atoms with Crippen LogP contribution in [0.25, 0.3) is 0 Å². The molecule has 3 rings (SSSR count). The Kier molecular flexibility index (Phi) is 13.0. The van der Waals surface area contributed by atoms with E-state index in [2.05, 4.69) is 35.0 Å². The molecule has 242 valence electrons. The minimum atomic E-state index is -4.93. The molecule has 0 aliphatic carbocycles. The molecule has 1 unspecified atom stereocenters. The lowest BCUT2D eigenvalue weighted by atomic mass is 10.1. The number of aromatic nitrogens is 2. The average molecular weight is 653 g/mol. The first-order valence-corrected chi connectivity index (χ1v) is 18.0. The predicted molar refractivity (Wildman–Crippen MR) is 155 cm³/mol. The lowest BCUT2D eigenvalue weighted by Crippen LogP contribution is -2.52. The van der Waals surface area contributed by atoms with Crippen LogP contribution in [0.4, 0.5) is 19.1 Å². The van der Waals surface area contributed by atoms with Crippen LogP contribution in [0, 0.1) is 0 Å². The summed E-state index contributed by atoms with van der Waals surface area (Å²) in [6, 6.07) is 0.814. The van der Waals surface area contributed by atoms with Crippen LogP contribution in [0.2, 0.25) is 30.7 Å². The van der Waals surface area contributed by atoms with E-state index >= 15 is 0 Å². The summed E-state index contributed by atoms with van der Waals surface area (Å²) in [7, 11) is 0.0188. The smallest absolute Gasteiger partial charge is 0.425 e. The molecule has 1 saturated heterocycles. The van der Waals surface area contributed by atoms with Gasteiger partial charge in [-0.05, 0) is 6.04 Å². The predicted octanol–water partition coefficient (Wildman–Crippen LogP) is 2.69. The van der Waals surface area contributed by atoms with Crippen LogP contribution in [-0.4, -0.2) is 125 Å². The van der Waals surface area contributed by atoms with Crippen LogP contribution >= 0.6 is 11.6 Å². The van der Waals surface area contributed by atoms with Crippen LogP contribution in [0.15, 0.2) is 23.7 Å². The molecular weight excluding hydrogens is 613 g/mol. The van der Waals surface area contributed by atoms with Crippen LogP contribution in [0.5, 0.6) is 0 Å². The maximum atomic E-state index is 13.9. The number of alkyl halides is 3. The molecular formula is C26H40ClF3N6O6Si. The normalized spacial score (nSPS) is 17.5. The Labute approximate surface area is 255 Å². The Morgan fingerprint density at radius 1 is 1.12 bits per heavy atom. The van der Waals surface area contributed by atoms with Crippen LogP contribution in [-0.2, 0) is 28.5 Å². The van der Waals surface area contributed by atoms with E-state index in [-0.39, 0.29) is 45.4 Å². The zero-order chi connectivity index (χ0) is 31.6. The standard InChI is InChI=1S/C26H40ClF3N6O6Si/c1-39-16-20(41-10-5-22(37)34-6-8-35(9-7-34)25-31-13-19(27)14-32-25)17-42-21-15-33-36(18-40-11-12-43(2,3)4)24(38)23(21)26(28,29)30/h13-14,20,33H,5-12,15-18H2,1-4H3. The molecule has 12 nitrogen and oxygen atoms in total. The minimum Gasteiger partial charge on any atom is -0.493 e. The third-order valence-corrected chi connectivity index (χ3v) is 8.56. The molecule has 2 amide bonds. The fourth-order valence-corrected chi connectivity index (χ4v) is 5.10. The Bertz CT molecular complexity index is 1100. The monoisotopic (exact) mass is 652 g/mol. The zero-order valence-electron chi connectivity index (χ0n) is 24.9. The SMILES string of the molecule is COCC(COC1=C(C(F)(F)F)C(=O)N(COCC[Si](C)(C)C)NC1)OCCC(=O)N1CCN(c2ncc(Cl)cn2)CC1. The quantitative estimate of drug-likeness (QED) is 0.224. The summed E-state index contributed by atoms with van der Waals surface area (Å²) in [5.74, 6) is -1.40. The molecule has 1 fully saturated rings. The van der Waals surface area contributed by atoms with Crippen LogP contribution in [0.3, 0.4) is 0 Å². The van der Waals surface area contributed by atoms with E-state index in [1.54, 1.807) is 4.90 Å². The maximum Gasteiger partial charge on any atom is 0.425 e. The molecule has 1 N–H and O–H groups in total. The number of hydrogen-bond donors (Lipinski definition) is 1. The van der Waals surface area contributed by atoms with Crippen molar-refractivity contribution in [2.24, 2.45) is 0 Å². The molecule has 0 radical (unpaired) electrons. The number of piperazine rings is 1. The lowest BCUT2D eigenvalue weighted by Gasteiger charge is -2.34. The van der Waals surface area contributed by atoms with Gasteiger partial charge in [0, 0.05) is 48.0 Å². The number of hydrazine groups is 1. The second-order valence-electron chi connectivity index (χ2n) is 11.3. The van der Waals surface area contributed by atoms with Gasteiger partial charge in [0.2, 0.25) is 11.9 Å². The van der Waals surface area contributed by atoms with Crippen molar-refractivity contribution >= 4 is 37.4 Å². The van der Waals surface area contributed by atoms with E-state index in [0.29, 0.717) is 43.8 Å². The van der Waals surface area contributed by atoms with Gasteiger partial charge in [0.25, 0.3) is 5.91 Å². The van der Waals surface area contributed by atoms with Crippen molar-refractivity contribution in [2.45, 2.75) is 44.4 Å². The average Bonchev–Trinajstić information content (AvgIpc) is 2.94. The topological polar surface area (TPSA) is 119 Å². The lowest BCUT2D eigenvalue weighted by molar-refractivity contribution is -0.153. The molecule has 1 atom stereocenters. The highest BCUT2D eigenvalue weighted by Gasteiger charge is 2.46. The highest BCUT2D eigenvalue weighted by molar-refractivity contribution is 6.76. The number of nitrogens with one attached hydrogen (secondary N) is 1. The number of anilines is 1. The van der Waals surface area contributed by atoms with Crippen molar-refractivity contribution in [1.82, 2.24) is 25.3 Å². The van der Waals surface area contributed by atoms with Gasteiger partial charge in [-0.2, -0.15) is 13.2 Å². The number of amides is 2. The molecule has 43 heavy (non-hydrogen) atoms. The minimum absolute atomic E-state index is 0.0149. The first-order chi connectivity index (χ1) is 20.3. The van der Waals surface area contributed by atoms with Gasteiger partial charge in [0.05, 0.1) is 43.6 Å². The summed E-state index contributed by atoms with van der Waals surface area (Å²) in [4.78, 5) is 37.5. The molecule has 3 heterocycles. The molecule has 0 bridgehead atoms. The van der Waals surface area contributed by atoms with E-state index in [1.165, 1.54) is 19.5 Å². The van der Waals surface area contributed by atoms with Crippen molar-refractivity contribution in [3.05, 3.63) is 28.7 Å². The second-order valence-corrected chi connectivity index (χ2v) is 17.3. The van der Waals surface area contributed by atoms with Gasteiger partial charge in [0.1, 0.15) is 25.2 Å².